The highest BCUT2D eigenvalue weighted by Crippen LogP contribution is 2.05. The maximum absolute atomic E-state index is 2.45. The van der Waals surface area contributed by atoms with Crippen LogP contribution in [0.25, 0.3) is 0 Å². The third-order valence-corrected chi connectivity index (χ3v) is 2.59. The van der Waals surface area contributed by atoms with E-state index in [9.17, 15) is 0 Å². The van der Waals surface area contributed by atoms with Crippen molar-refractivity contribution in [2.45, 2.75) is 13.8 Å². The number of thioether (sulfide) groups is 1. The fourth-order valence-corrected chi connectivity index (χ4v) is 1.91. The van der Waals surface area contributed by atoms with Crippen molar-refractivity contribution in [3.63, 3.8) is 0 Å². The van der Waals surface area contributed by atoms with Gasteiger partial charge in [0, 0.05) is 13.8 Å². The Morgan fingerprint density at radius 3 is 2.11 bits per heavy atom. The number of hydrogen-bond donors (Lipinski definition) is 0. The van der Waals surface area contributed by atoms with Gasteiger partial charge in [0.15, 0.2) is 13.1 Å². The lowest BCUT2D eigenvalue weighted by Crippen LogP contribution is -2.27. The van der Waals surface area contributed by atoms with Crippen LogP contribution in [0, 0.1) is 0 Å². The second kappa shape index (κ2) is 3.25. The molecule has 1 heterocycles. The van der Waals surface area contributed by atoms with E-state index in [0.717, 1.165) is 0 Å². The molecule has 0 aromatic rings. The summed E-state index contributed by atoms with van der Waals surface area (Å²) in [5, 5.41) is 0. The average molecular weight is 144 g/mol. The maximum Gasteiger partial charge on any atom is 0.151 e. The van der Waals surface area contributed by atoms with Gasteiger partial charge in [-0.25, -0.2) is 4.58 Å². The number of rotatable bonds is 0. The van der Waals surface area contributed by atoms with Gasteiger partial charge < -0.3 is 0 Å². The molecule has 2 heteroatoms. The first kappa shape index (κ1) is 7.13. The van der Waals surface area contributed by atoms with E-state index in [1.807, 2.05) is 0 Å². The zero-order valence-corrected chi connectivity index (χ0v) is 7.00. The van der Waals surface area contributed by atoms with E-state index in [0.29, 0.717) is 0 Å². The van der Waals surface area contributed by atoms with Gasteiger partial charge in [-0.15, -0.1) is 11.8 Å². The molecule has 0 spiro atoms. The molecular formula is C7H14NS+. The molecule has 0 bridgehead atoms. The molecule has 0 amide bonds. The van der Waals surface area contributed by atoms with Gasteiger partial charge in [0.25, 0.3) is 0 Å². The first-order valence-corrected chi connectivity index (χ1v) is 4.59. The van der Waals surface area contributed by atoms with Crippen LogP contribution in [0.5, 0.6) is 0 Å². The molecule has 1 aliphatic heterocycles. The summed E-state index contributed by atoms with van der Waals surface area (Å²) in [6, 6.07) is 0. The van der Waals surface area contributed by atoms with Crippen molar-refractivity contribution >= 4 is 17.5 Å². The predicted molar refractivity (Wildman–Crippen MR) is 43.7 cm³/mol. The fourth-order valence-electron chi connectivity index (χ4n) is 1.01. The molecule has 0 atom stereocenters. The molecule has 0 saturated carbocycles. The Morgan fingerprint density at radius 1 is 1.22 bits per heavy atom. The highest BCUT2D eigenvalue weighted by molar-refractivity contribution is 7.99. The summed E-state index contributed by atoms with van der Waals surface area (Å²) in [6.45, 7) is 6.89. The largest absolute Gasteiger partial charge is 0.236 e. The normalized spacial score (nSPS) is 20.0. The third kappa shape index (κ3) is 2.01. The molecule has 52 valence electrons. The summed E-state index contributed by atoms with van der Waals surface area (Å²) >= 11 is 2.06. The lowest BCUT2D eigenvalue weighted by atomic mass is 10.4. The molecule has 9 heavy (non-hydrogen) atoms. The number of nitrogens with zero attached hydrogens (tertiary/aromatic N) is 1. The predicted octanol–water partition coefficient (Wildman–Crippen LogP) is 1.23. The SMILES string of the molecule is CC(C)=[N+]1CCSCC1. The quantitative estimate of drug-likeness (QED) is 0.462. The molecule has 0 aromatic heterocycles. The van der Waals surface area contributed by atoms with Gasteiger partial charge in [0.05, 0.1) is 11.5 Å². The van der Waals surface area contributed by atoms with Crippen molar-refractivity contribution in [2.24, 2.45) is 0 Å². The summed E-state index contributed by atoms with van der Waals surface area (Å²) in [5.41, 5.74) is 1.47. The Kier molecular flexibility index (Phi) is 2.58. The van der Waals surface area contributed by atoms with Gasteiger partial charge in [0.2, 0.25) is 0 Å². The Morgan fingerprint density at radius 2 is 1.78 bits per heavy atom. The third-order valence-electron chi connectivity index (χ3n) is 1.64. The Labute approximate surface area is 61.2 Å². The molecule has 1 saturated heterocycles. The van der Waals surface area contributed by atoms with E-state index in [1.165, 1.54) is 30.3 Å². The zero-order valence-electron chi connectivity index (χ0n) is 6.18. The van der Waals surface area contributed by atoms with Gasteiger partial charge in [-0.1, -0.05) is 0 Å². The molecule has 0 aliphatic carbocycles. The van der Waals surface area contributed by atoms with Crippen LogP contribution in [0.1, 0.15) is 13.8 Å². The van der Waals surface area contributed by atoms with Crippen LogP contribution in [0.2, 0.25) is 0 Å². The Hall–Kier alpha value is 0.0200. The van der Waals surface area contributed by atoms with Crippen molar-refractivity contribution in [3.8, 4) is 0 Å². The first-order valence-electron chi connectivity index (χ1n) is 3.43. The molecule has 1 aliphatic rings. The average Bonchev–Trinajstić information content (AvgIpc) is 1.90. The van der Waals surface area contributed by atoms with Crippen LogP contribution in [-0.2, 0) is 0 Å². The lowest BCUT2D eigenvalue weighted by Gasteiger charge is -2.10. The lowest BCUT2D eigenvalue weighted by molar-refractivity contribution is -0.521. The van der Waals surface area contributed by atoms with Crippen molar-refractivity contribution < 1.29 is 4.58 Å². The summed E-state index contributed by atoms with van der Waals surface area (Å²) in [6.07, 6.45) is 0. The highest BCUT2D eigenvalue weighted by atomic mass is 32.2. The van der Waals surface area contributed by atoms with Gasteiger partial charge in [-0.3, -0.25) is 0 Å². The van der Waals surface area contributed by atoms with Crippen LogP contribution in [0.3, 0.4) is 0 Å². The first-order chi connectivity index (χ1) is 4.30. The van der Waals surface area contributed by atoms with Crippen molar-refractivity contribution in [2.75, 3.05) is 24.6 Å². The maximum atomic E-state index is 2.45. The van der Waals surface area contributed by atoms with E-state index in [1.54, 1.807) is 0 Å². The minimum atomic E-state index is 1.26. The van der Waals surface area contributed by atoms with Crippen molar-refractivity contribution in [1.29, 1.82) is 0 Å². The summed E-state index contributed by atoms with van der Waals surface area (Å²) in [4.78, 5) is 0. The highest BCUT2D eigenvalue weighted by Gasteiger charge is 2.11. The van der Waals surface area contributed by atoms with Crippen LogP contribution >= 0.6 is 11.8 Å². The van der Waals surface area contributed by atoms with Crippen LogP contribution in [0.4, 0.5) is 0 Å². The second-order valence-corrected chi connectivity index (χ2v) is 3.77. The van der Waals surface area contributed by atoms with Crippen LogP contribution in [0.15, 0.2) is 0 Å². The van der Waals surface area contributed by atoms with Gasteiger partial charge in [-0.2, -0.15) is 0 Å². The molecule has 1 rings (SSSR count). The van der Waals surface area contributed by atoms with Gasteiger partial charge in [0.1, 0.15) is 5.71 Å². The topological polar surface area (TPSA) is 3.01 Å². The Balaban J connectivity index is 2.49. The monoisotopic (exact) mass is 144 g/mol. The smallest absolute Gasteiger partial charge is 0.151 e. The van der Waals surface area contributed by atoms with Crippen molar-refractivity contribution in [3.05, 3.63) is 0 Å². The van der Waals surface area contributed by atoms with E-state index in [4.69, 9.17) is 0 Å². The van der Waals surface area contributed by atoms with E-state index in [-0.39, 0.29) is 0 Å². The summed E-state index contributed by atoms with van der Waals surface area (Å²) < 4.78 is 2.45. The minimum Gasteiger partial charge on any atom is -0.236 e. The van der Waals surface area contributed by atoms with E-state index in [2.05, 4.69) is 30.2 Å². The summed E-state index contributed by atoms with van der Waals surface area (Å²) in [5.74, 6) is 2.62. The standard InChI is InChI=1S/C7H14NS/c1-7(2)8-3-5-9-6-4-8/h3-6H2,1-2H3/q+1. The molecule has 0 aromatic carbocycles. The molecular weight excluding hydrogens is 130 g/mol. The molecule has 0 radical (unpaired) electrons. The fraction of sp³-hybridized carbons (Fsp3) is 0.857. The Bertz CT molecular complexity index is 117. The molecule has 0 unspecified atom stereocenters. The van der Waals surface area contributed by atoms with Gasteiger partial charge >= 0.3 is 0 Å². The minimum absolute atomic E-state index is 1.26. The second-order valence-electron chi connectivity index (χ2n) is 2.55. The van der Waals surface area contributed by atoms with Crippen molar-refractivity contribution in [1.82, 2.24) is 0 Å². The molecule has 1 nitrogen and oxygen atoms in total. The zero-order chi connectivity index (χ0) is 6.69. The van der Waals surface area contributed by atoms with Crippen LogP contribution in [-0.4, -0.2) is 34.9 Å². The van der Waals surface area contributed by atoms with Gasteiger partial charge in [-0.05, 0) is 0 Å². The summed E-state index contributed by atoms with van der Waals surface area (Å²) in [7, 11) is 0. The van der Waals surface area contributed by atoms with E-state index >= 15 is 0 Å². The van der Waals surface area contributed by atoms with E-state index < -0.39 is 0 Å². The molecule has 0 N–H and O–H groups in total. The van der Waals surface area contributed by atoms with Crippen LogP contribution < -0.4 is 0 Å². The number of hydrogen-bond acceptors (Lipinski definition) is 1. The molecule has 1 fully saturated rings.